The van der Waals surface area contributed by atoms with E-state index in [1.54, 1.807) is 7.11 Å². The maximum Gasteiger partial charge on any atom is 0.213 e. The van der Waals surface area contributed by atoms with Gasteiger partial charge in [-0.15, -0.1) is 0 Å². The van der Waals surface area contributed by atoms with Gasteiger partial charge in [-0.05, 0) is 30.5 Å². The zero-order valence-electron chi connectivity index (χ0n) is 11.7. The first-order chi connectivity index (χ1) is 9.64. The van der Waals surface area contributed by atoms with Crippen molar-refractivity contribution in [2.24, 2.45) is 5.73 Å². The Labute approximate surface area is 124 Å². The van der Waals surface area contributed by atoms with E-state index < -0.39 is 0 Å². The lowest BCUT2D eigenvalue weighted by Gasteiger charge is -2.34. The van der Waals surface area contributed by atoms with Crippen molar-refractivity contribution in [3.8, 4) is 5.88 Å². The minimum Gasteiger partial charge on any atom is -0.481 e. The van der Waals surface area contributed by atoms with Crippen molar-refractivity contribution in [3.63, 3.8) is 0 Å². The first-order valence-corrected chi connectivity index (χ1v) is 7.44. The number of ether oxygens (including phenoxy) is 1. The second kappa shape index (κ2) is 5.23. The zero-order valence-corrected chi connectivity index (χ0v) is 12.4. The third kappa shape index (κ3) is 2.25. The van der Waals surface area contributed by atoms with Gasteiger partial charge in [0.25, 0.3) is 0 Å². The Kier molecular flexibility index (Phi) is 3.57. The van der Waals surface area contributed by atoms with Gasteiger partial charge in [0.2, 0.25) is 5.88 Å². The van der Waals surface area contributed by atoms with Gasteiger partial charge in [0, 0.05) is 17.0 Å². The van der Waals surface area contributed by atoms with E-state index >= 15 is 0 Å². The van der Waals surface area contributed by atoms with E-state index in [1.165, 1.54) is 19.3 Å². The van der Waals surface area contributed by atoms with Crippen LogP contribution in [0.5, 0.6) is 5.88 Å². The second-order valence-electron chi connectivity index (χ2n) is 5.56. The van der Waals surface area contributed by atoms with Gasteiger partial charge in [0.1, 0.15) is 0 Å². The predicted molar refractivity (Wildman–Crippen MR) is 82.3 cm³/mol. The van der Waals surface area contributed by atoms with E-state index in [9.17, 15) is 0 Å². The number of pyridine rings is 1. The Hall–Kier alpha value is -1.32. The third-order valence-corrected chi connectivity index (χ3v) is 4.68. The van der Waals surface area contributed by atoms with Crippen LogP contribution in [0.3, 0.4) is 0 Å². The number of nitrogens with zero attached hydrogens (tertiary/aromatic N) is 1. The molecule has 1 heterocycles. The molecular formula is C16H19ClN2O. The minimum absolute atomic E-state index is 0.288. The highest BCUT2D eigenvalue weighted by Gasteiger charge is 2.31. The Morgan fingerprint density at radius 2 is 1.90 bits per heavy atom. The molecule has 1 aromatic carbocycles. The zero-order chi connectivity index (χ0) is 14.2. The molecule has 1 aromatic heterocycles. The van der Waals surface area contributed by atoms with Crippen LogP contribution in [0, 0.1) is 0 Å². The molecule has 0 bridgehead atoms. The molecule has 0 unspecified atom stereocenters. The molecule has 0 radical (unpaired) electrons. The highest BCUT2D eigenvalue weighted by Crippen LogP contribution is 2.40. The Morgan fingerprint density at radius 3 is 2.60 bits per heavy atom. The fourth-order valence-electron chi connectivity index (χ4n) is 3.10. The topological polar surface area (TPSA) is 48.1 Å². The molecule has 3 nitrogen and oxygen atoms in total. The molecule has 3 rings (SSSR count). The second-order valence-corrected chi connectivity index (χ2v) is 5.94. The number of aromatic nitrogens is 1. The van der Waals surface area contributed by atoms with Crippen LogP contribution in [0.1, 0.15) is 37.7 Å². The number of nitrogens with two attached hydrogens (primary N) is 1. The fourth-order valence-corrected chi connectivity index (χ4v) is 3.51. The summed E-state index contributed by atoms with van der Waals surface area (Å²) < 4.78 is 5.15. The summed E-state index contributed by atoms with van der Waals surface area (Å²) in [5.41, 5.74) is 8.21. The maximum absolute atomic E-state index is 6.60. The van der Waals surface area contributed by atoms with Crippen molar-refractivity contribution in [1.29, 1.82) is 0 Å². The lowest BCUT2D eigenvalue weighted by Crippen LogP contribution is -2.38. The van der Waals surface area contributed by atoms with E-state index in [1.807, 2.05) is 24.3 Å². The van der Waals surface area contributed by atoms with Gasteiger partial charge < -0.3 is 10.5 Å². The van der Waals surface area contributed by atoms with E-state index in [2.05, 4.69) is 4.98 Å². The molecule has 2 N–H and O–H groups in total. The highest BCUT2D eigenvalue weighted by atomic mass is 35.5. The molecule has 0 saturated heterocycles. The summed E-state index contributed by atoms with van der Waals surface area (Å²) in [6.45, 7) is 0. The lowest BCUT2D eigenvalue weighted by molar-refractivity contribution is 0.302. The van der Waals surface area contributed by atoms with Gasteiger partial charge in [-0.1, -0.05) is 36.9 Å². The molecule has 20 heavy (non-hydrogen) atoms. The molecule has 1 aliphatic carbocycles. The lowest BCUT2D eigenvalue weighted by atomic mass is 9.77. The summed E-state index contributed by atoms with van der Waals surface area (Å²) in [4.78, 5) is 4.42. The minimum atomic E-state index is -0.288. The van der Waals surface area contributed by atoms with Gasteiger partial charge in [-0.25, -0.2) is 4.98 Å². The molecule has 1 fully saturated rings. The molecule has 0 atom stereocenters. The first kappa shape index (κ1) is 13.7. The number of hydrogen-bond acceptors (Lipinski definition) is 3. The summed E-state index contributed by atoms with van der Waals surface area (Å²) in [5, 5.41) is 1.68. The summed E-state index contributed by atoms with van der Waals surface area (Å²) in [6.07, 6.45) is 5.62. The van der Waals surface area contributed by atoms with Crippen LogP contribution < -0.4 is 10.5 Å². The maximum atomic E-state index is 6.60. The third-order valence-electron chi connectivity index (χ3n) is 4.27. The number of rotatable bonds is 2. The van der Waals surface area contributed by atoms with Crippen molar-refractivity contribution in [2.75, 3.05) is 7.11 Å². The van der Waals surface area contributed by atoms with Crippen LogP contribution >= 0.6 is 11.6 Å². The molecule has 0 aliphatic heterocycles. The molecular weight excluding hydrogens is 272 g/mol. The molecule has 1 saturated carbocycles. The van der Waals surface area contributed by atoms with Gasteiger partial charge in [-0.3, -0.25) is 0 Å². The largest absolute Gasteiger partial charge is 0.481 e. The van der Waals surface area contributed by atoms with Crippen molar-refractivity contribution in [1.82, 2.24) is 4.98 Å². The number of hydrogen-bond donors (Lipinski definition) is 1. The number of methoxy groups -OCH3 is 1. The van der Waals surface area contributed by atoms with E-state index in [0.29, 0.717) is 5.88 Å². The van der Waals surface area contributed by atoms with Crippen LogP contribution in [0.2, 0.25) is 5.02 Å². The van der Waals surface area contributed by atoms with Crippen molar-refractivity contribution >= 4 is 22.5 Å². The Balaban J connectivity index is 2.11. The monoisotopic (exact) mass is 290 g/mol. The average Bonchev–Trinajstić information content (AvgIpc) is 2.47. The molecule has 1 aliphatic rings. The van der Waals surface area contributed by atoms with Crippen LogP contribution in [0.25, 0.3) is 10.9 Å². The van der Waals surface area contributed by atoms with E-state index in [4.69, 9.17) is 22.1 Å². The van der Waals surface area contributed by atoms with Crippen LogP contribution in [0.15, 0.2) is 24.3 Å². The quantitative estimate of drug-likeness (QED) is 0.909. The van der Waals surface area contributed by atoms with Gasteiger partial charge in [0.15, 0.2) is 0 Å². The van der Waals surface area contributed by atoms with Gasteiger partial charge >= 0.3 is 0 Å². The normalized spacial score (nSPS) is 18.1. The predicted octanol–water partition coefficient (Wildman–Crippen LogP) is 4.01. The van der Waals surface area contributed by atoms with E-state index in [0.717, 1.165) is 34.3 Å². The average molecular weight is 291 g/mol. The summed E-state index contributed by atoms with van der Waals surface area (Å²) in [6, 6.07) is 7.81. The standard InChI is InChI=1S/C16H19ClN2O/c1-20-14-8-5-11-13(19-14)7-6-12(15(11)17)16(18)9-3-2-4-10-16/h5-8H,2-4,9-10,18H2,1H3. The molecule has 0 spiro atoms. The summed E-state index contributed by atoms with van der Waals surface area (Å²) in [7, 11) is 1.61. The Morgan fingerprint density at radius 1 is 1.15 bits per heavy atom. The Bertz CT molecular complexity index is 636. The van der Waals surface area contributed by atoms with Gasteiger partial charge in [-0.2, -0.15) is 0 Å². The first-order valence-electron chi connectivity index (χ1n) is 7.07. The number of halogens is 1. The van der Waals surface area contributed by atoms with Gasteiger partial charge in [0.05, 0.1) is 17.6 Å². The van der Waals surface area contributed by atoms with E-state index in [-0.39, 0.29) is 5.54 Å². The molecule has 0 amide bonds. The highest BCUT2D eigenvalue weighted by molar-refractivity contribution is 6.36. The summed E-state index contributed by atoms with van der Waals surface area (Å²) >= 11 is 6.60. The van der Waals surface area contributed by atoms with Crippen LogP contribution in [0.4, 0.5) is 0 Å². The molecule has 106 valence electrons. The number of fused-ring (bicyclic) bond motifs is 1. The summed E-state index contributed by atoms with van der Waals surface area (Å²) in [5.74, 6) is 0.599. The van der Waals surface area contributed by atoms with Crippen LogP contribution in [-0.4, -0.2) is 12.1 Å². The fraction of sp³-hybridized carbons (Fsp3) is 0.438. The van der Waals surface area contributed by atoms with Crippen molar-refractivity contribution in [2.45, 2.75) is 37.6 Å². The molecule has 4 heteroatoms. The molecule has 2 aromatic rings. The van der Waals surface area contributed by atoms with Crippen molar-refractivity contribution < 1.29 is 4.74 Å². The van der Waals surface area contributed by atoms with Crippen LogP contribution in [-0.2, 0) is 5.54 Å². The smallest absolute Gasteiger partial charge is 0.213 e. The van der Waals surface area contributed by atoms with Crippen molar-refractivity contribution in [3.05, 3.63) is 34.9 Å². The number of benzene rings is 1. The SMILES string of the molecule is COc1ccc2c(Cl)c(C3(N)CCCCC3)ccc2n1.